The van der Waals surface area contributed by atoms with Gasteiger partial charge in [0.2, 0.25) is 0 Å². The van der Waals surface area contributed by atoms with Crippen molar-refractivity contribution in [2.45, 2.75) is 32.7 Å². The summed E-state index contributed by atoms with van der Waals surface area (Å²) < 4.78 is 12.5. The molecule has 148 valence electrons. The van der Waals surface area contributed by atoms with Crippen molar-refractivity contribution in [3.05, 3.63) is 50.9 Å². The molecular weight excluding hydrogens is 378 g/mol. The van der Waals surface area contributed by atoms with Gasteiger partial charge in [-0.1, -0.05) is 6.92 Å². The summed E-state index contributed by atoms with van der Waals surface area (Å²) >= 11 is 1.56. The molecule has 4 rings (SSSR count). The number of thiophene rings is 1. The largest absolute Gasteiger partial charge is 0.496 e. The Hall–Kier alpha value is -2.42. The zero-order valence-corrected chi connectivity index (χ0v) is 17.0. The van der Waals surface area contributed by atoms with E-state index in [0.29, 0.717) is 36.6 Å². The van der Waals surface area contributed by atoms with E-state index in [1.807, 2.05) is 17.0 Å². The monoisotopic (exact) mass is 401 g/mol. The van der Waals surface area contributed by atoms with E-state index in [1.165, 1.54) is 0 Å². The Morgan fingerprint density at radius 2 is 2.04 bits per heavy atom. The molecule has 0 spiro atoms. The maximum atomic E-state index is 12.9. The minimum absolute atomic E-state index is 0.0566. The number of aromatic nitrogens is 2. The summed E-state index contributed by atoms with van der Waals surface area (Å²) in [5.41, 5.74) is 1.58. The quantitative estimate of drug-likeness (QED) is 0.708. The minimum atomic E-state index is -0.728. The molecule has 1 aromatic carbocycles. The standard InChI is InChI=1S/C20H23N3O4S/c1-4-12-7-13-19(28-12)21-10-23(20(13)25)11-22-8-14-16(26-2)5-6-17(27-3)18(14)15(24)9-22/h5-7,10,15,24H,4,8-9,11H2,1-3H3. The van der Waals surface area contributed by atoms with E-state index in [9.17, 15) is 9.90 Å². The van der Waals surface area contributed by atoms with Gasteiger partial charge in [0.05, 0.1) is 32.4 Å². The lowest BCUT2D eigenvalue weighted by Crippen LogP contribution is -2.38. The van der Waals surface area contributed by atoms with Crippen LogP contribution in [-0.2, 0) is 19.6 Å². The Labute approximate surface area is 166 Å². The van der Waals surface area contributed by atoms with Gasteiger partial charge in [0.25, 0.3) is 5.56 Å². The third-order valence-electron chi connectivity index (χ3n) is 5.13. The van der Waals surface area contributed by atoms with E-state index in [1.54, 1.807) is 42.5 Å². The fourth-order valence-corrected chi connectivity index (χ4v) is 4.68. The van der Waals surface area contributed by atoms with Crippen molar-refractivity contribution in [3.8, 4) is 11.5 Å². The molecule has 0 aliphatic carbocycles. The van der Waals surface area contributed by atoms with Crippen LogP contribution in [0.25, 0.3) is 10.2 Å². The van der Waals surface area contributed by atoms with Gasteiger partial charge in [-0.25, -0.2) is 4.98 Å². The number of aliphatic hydroxyl groups excluding tert-OH is 1. The number of β-amino-alcohol motifs (C(OH)–C–C–N with tert-alkyl or cyclic N) is 1. The van der Waals surface area contributed by atoms with Crippen molar-refractivity contribution in [3.63, 3.8) is 0 Å². The second-order valence-corrected chi connectivity index (χ2v) is 7.95. The van der Waals surface area contributed by atoms with Gasteiger partial charge in [-0.15, -0.1) is 11.3 Å². The molecule has 1 unspecified atom stereocenters. The first-order chi connectivity index (χ1) is 13.5. The molecule has 1 atom stereocenters. The number of aliphatic hydroxyl groups is 1. The molecular formula is C20H23N3O4S. The van der Waals surface area contributed by atoms with Crippen LogP contribution in [0.2, 0.25) is 0 Å². The van der Waals surface area contributed by atoms with Crippen molar-refractivity contribution in [1.82, 2.24) is 14.5 Å². The molecule has 2 aromatic heterocycles. The third-order valence-corrected chi connectivity index (χ3v) is 6.32. The number of nitrogens with zero attached hydrogens (tertiary/aromatic N) is 3. The summed E-state index contributed by atoms with van der Waals surface area (Å²) in [7, 11) is 3.20. The van der Waals surface area contributed by atoms with Gasteiger partial charge in [0.15, 0.2) is 0 Å². The molecule has 1 N–H and O–H groups in total. The lowest BCUT2D eigenvalue weighted by molar-refractivity contribution is 0.0695. The topological polar surface area (TPSA) is 76.8 Å². The average molecular weight is 401 g/mol. The fourth-order valence-electron chi connectivity index (χ4n) is 3.75. The molecule has 0 fully saturated rings. The molecule has 0 saturated carbocycles. The van der Waals surface area contributed by atoms with Crippen molar-refractivity contribution in [2.24, 2.45) is 0 Å². The van der Waals surface area contributed by atoms with Gasteiger partial charge < -0.3 is 14.6 Å². The summed E-state index contributed by atoms with van der Waals surface area (Å²) in [5, 5.41) is 11.4. The van der Waals surface area contributed by atoms with E-state index in [2.05, 4.69) is 11.9 Å². The van der Waals surface area contributed by atoms with Gasteiger partial charge in [0.1, 0.15) is 22.7 Å². The maximum absolute atomic E-state index is 12.9. The Bertz CT molecular complexity index is 1080. The Morgan fingerprint density at radius 1 is 1.29 bits per heavy atom. The van der Waals surface area contributed by atoms with Gasteiger partial charge in [0, 0.05) is 29.1 Å². The molecule has 0 amide bonds. The molecule has 3 aromatic rings. The van der Waals surface area contributed by atoms with Gasteiger partial charge in [-0.3, -0.25) is 14.3 Å². The molecule has 1 aliphatic heterocycles. The zero-order valence-electron chi connectivity index (χ0n) is 16.1. The second kappa shape index (κ2) is 7.54. The third kappa shape index (κ3) is 3.17. The highest BCUT2D eigenvalue weighted by Gasteiger charge is 2.30. The van der Waals surface area contributed by atoms with E-state index in [-0.39, 0.29) is 5.56 Å². The summed E-state index contributed by atoms with van der Waals surface area (Å²) in [6.07, 6.45) is 1.75. The summed E-state index contributed by atoms with van der Waals surface area (Å²) in [6.45, 7) is 3.35. The highest BCUT2D eigenvalue weighted by Crippen LogP contribution is 2.39. The summed E-state index contributed by atoms with van der Waals surface area (Å²) in [5.74, 6) is 1.35. The summed E-state index contributed by atoms with van der Waals surface area (Å²) in [4.78, 5) is 21.3. The van der Waals surface area contributed by atoms with Crippen LogP contribution < -0.4 is 15.0 Å². The highest BCUT2D eigenvalue weighted by molar-refractivity contribution is 7.18. The van der Waals surface area contributed by atoms with Gasteiger partial charge in [-0.05, 0) is 24.6 Å². The van der Waals surface area contributed by atoms with Crippen LogP contribution in [0.5, 0.6) is 11.5 Å². The SMILES string of the molecule is CCc1cc2c(=O)n(CN3Cc4c(OC)ccc(OC)c4C(O)C3)cnc2s1. The molecule has 0 bridgehead atoms. The highest BCUT2D eigenvalue weighted by atomic mass is 32.1. The number of methoxy groups -OCH3 is 2. The average Bonchev–Trinajstić information content (AvgIpc) is 3.13. The predicted molar refractivity (Wildman–Crippen MR) is 108 cm³/mol. The van der Waals surface area contributed by atoms with Crippen LogP contribution in [0.1, 0.15) is 29.0 Å². The molecule has 0 saturated heterocycles. The van der Waals surface area contributed by atoms with Crippen LogP contribution in [0.3, 0.4) is 0 Å². The minimum Gasteiger partial charge on any atom is -0.496 e. The normalized spacial score (nSPS) is 16.9. The number of benzene rings is 1. The Balaban J connectivity index is 1.67. The number of aryl methyl sites for hydroxylation is 1. The zero-order chi connectivity index (χ0) is 19.8. The van der Waals surface area contributed by atoms with E-state index < -0.39 is 6.10 Å². The lowest BCUT2D eigenvalue weighted by atomic mass is 9.95. The van der Waals surface area contributed by atoms with Crippen molar-refractivity contribution >= 4 is 21.6 Å². The smallest absolute Gasteiger partial charge is 0.263 e. The molecule has 1 aliphatic rings. The lowest BCUT2D eigenvalue weighted by Gasteiger charge is -2.34. The first-order valence-corrected chi connectivity index (χ1v) is 9.99. The number of ether oxygens (including phenoxy) is 2. The number of rotatable bonds is 5. The Morgan fingerprint density at radius 3 is 2.75 bits per heavy atom. The van der Waals surface area contributed by atoms with Crippen LogP contribution >= 0.6 is 11.3 Å². The number of hydrogen-bond donors (Lipinski definition) is 1. The second-order valence-electron chi connectivity index (χ2n) is 6.84. The van der Waals surface area contributed by atoms with Crippen LogP contribution in [0.15, 0.2) is 29.3 Å². The van der Waals surface area contributed by atoms with E-state index in [0.717, 1.165) is 27.3 Å². The number of fused-ring (bicyclic) bond motifs is 2. The van der Waals surface area contributed by atoms with E-state index >= 15 is 0 Å². The molecule has 0 radical (unpaired) electrons. The first-order valence-electron chi connectivity index (χ1n) is 9.17. The maximum Gasteiger partial charge on any atom is 0.263 e. The van der Waals surface area contributed by atoms with Crippen LogP contribution in [0, 0.1) is 0 Å². The molecule has 7 nitrogen and oxygen atoms in total. The van der Waals surface area contributed by atoms with Crippen LogP contribution in [0.4, 0.5) is 0 Å². The van der Waals surface area contributed by atoms with E-state index in [4.69, 9.17) is 9.47 Å². The fraction of sp³-hybridized carbons (Fsp3) is 0.400. The van der Waals surface area contributed by atoms with Crippen molar-refractivity contribution in [1.29, 1.82) is 0 Å². The first kappa shape index (κ1) is 18.9. The van der Waals surface area contributed by atoms with Crippen molar-refractivity contribution in [2.75, 3.05) is 20.8 Å². The molecule has 28 heavy (non-hydrogen) atoms. The van der Waals surface area contributed by atoms with Gasteiger partial charge >= 0.3 is 0 Å². The molecule has 8 heteroatoms. The van der Waals surface area contributed by atoms with Crippen molar-refractivity contribution < 1.29 is 14.6 Å². The Kier molecular flexibility index (Phi) is 5.09. The molecule has 3 heterocycles. The summed E-state index contributed by atoms with van der Waals surface area (Å²) in [6, 6.07) is 5.58. The van der Waals surface area contributed by atoms with Crippen LogP contribution in [-0.4, -0.2) is 40.3 Å². The number of hydrogen-bond acceptors (Lipinski definition) is 7. The predicted octanol–water partition coefficient (Wildman–Crippen LogP) is 2.54. The van der Waals surface area contributed by atoms with Gasteiger partial charge in [-0.2, -0.15) is 0 Å².